The lowest BCUT2D eigenvalue weighted by Crippen LogP contribution is -2.31. The predicted octanol–water partition coefficient (Wildman–Crippen LogP) is 2.44. The number of carbonyl (C=O) groups excluding carboxylic acids is 1. The van der Waals surface area contributed by atoms with Crippen LogP contribution >= 0.6 is 0 Å². The summed E-state index contributed by atoms with van der Waals surface area (Å²) in [6.45, 7) is 3.60. The molecule has 0 fully saturated rings. The van der Waals surface area contributed by atoms with Gasteiger partial charge in [0.05, 0.1) is 26.2 Å². The van der Waals surface area contributed by atoms with Crippen molar-refractivity contribution < 1.29 is 32.2 Å². The SMILES string of the molecule is COc1cc(CN(C)C(=O)COc2ccc(S(=O)(=O)NC(C)C)cc2)cc(OC)c1OC. The zero-order valence-corrected chi connectivity index (χ0v) is 20.0. The highest BCUT2D eigenvalue weighted by Gasteiger charge is 2.17. The van der Waals surface area contributed by atoms with Crippen LogP contribution in [0.4, 0.5) is 0 Å². The fraction of sp³-hybridized carbons (Fsp3) is 0.409. The molecule has 0 spiro atoms. The van der Waals surface area contributed by atoms with E-state index in [1.165, 1.54) is 50.5 Å². The number of rotatable bonds is 11. The third kappa shape index (κ3) is 6.51. The van der Waals surface area contributed by atoms with Gasteiger partial charge in [0.15, 0.2) is 18.1 Å². The molecule has 0 aliphatic carbocycles. The monoisotopic (exact) mass is 466 g/mol. The molecule has 10 heteroatoms. The summed E-state index contributed by atoms with van der Waals surface area (Å²) >= 11 is 0. The molecule has 0 saturated heterocycles. The second-order valence-corrected chi connectivity index (χ2v) is 9.03. The van der Waals surface area contributed by atoms with E-state index < -0.39 is 10.0 Å². The largest absolute Gasteiger partial charge is 0.493 e. The van der Waals surface area contributed by atoms with Crippen molar-refractivity contribution in [2.24, 2.45) is 0 Å². The van der Waals surface area contributed by atoms with Gasteiger partial charge in [-0.3, -0.25) is 4.79 Å². The minimum atomic E-state index is -3.58. The fourth-order valence-corrected chi connectivity index (χ4v) is 4.19. The van der Waals surface area contributed by atoms with Gasteiger partial charge in [-0.15, -0.1) is 0 Å². The molecule has 2 aromatic carbocycles. The Balaban J connectivity index is 2.00. The third-order valence-corrected chi connectivity index (χ3v) is 6.13. The number of sulfonamides is 1. The van der Waals surface area contributed by atoms with Crippen molar-refractivity contribution in [2.45, 2.75) is 31.3 Å². The molecule has 0 unspecified atom stereocenters. The Hall–Kier alpha value is -2.98. The Bertz CT molecular complexity index is 996. The van der Waals surface area contributed by atoms with Crippen LogP contribution in [0.2, 0.25) is 0 Å². The van der Waals surface area contributed by atoms with Gasteiger partial charge in [0.1, 0.15) is 5.75 Å². The number of nitrogens with zero attached hydrogens (tertiary/aromatic N) is 1. The molecule has 0 atom stereocenters. The molecular weight excluding hydrogens is 436 g/mol. The summed E-state index contributed by atoms with van der Waals surface area (Å²) in [6.07, 6.45) is 0. The van der Waals surface area contributed by atoms with Crippen LogP contribution in [0.25, 0.3) is 0 Å². The molecule has 1 N–H and O–H groups in total. The molecule has 2 rings (SSSR count). The van der Waals surface area contributed by atoms with E-state index in [2.05, 4.69) is 4.72 Å². The van der Waals surface area contributed by atoms with Crippen LogP contribution in [0.3, 0.4) is 0 Å². The maximum Gasteiger partial charge on any atom is 0.260 e. The highest BCUT2D eigenvalue weighted by molar-refractivity contribution is 7.89. The van der Waals surface area contributed by atoms with E-state index in [1.54, 1.807) is 33.0 Å². The third-order valence-electron chi connectivity index (χ3n) is 4.46. The first kappa shape index (κ1) is 25.3. The minimum Gasteiger partial charge on any atom is -0.493 e. The first-order valence-electron chi connectivity index (χ1n) is 9.89. The van der Waals surface area contributed by atoms with Crippen LogP contribution < -0.4 is 23.7 Å². The van der Waals surface area contributed by atoms with E-state index in [1.807, 2.05) is 0 Å². The van der Waals surface area contributed by atoms with Crippen molar-refractivity contribution in [1.29, 1.82) is 0 Å². The van der Waals surface area contributed by atoms with Gasteiger partial charge in [0.2, 0.25) is 15.8 Å². The summed E-state index contributed by atoms with van der Waals surface area (Å²) in [7, 11) is 2.65. The molecule has 0 bridgehead atoms. The quantitative estimate of drug-likeness (QED) is 0.542. The summed E-state index contributed by atoms with van der Waals surface area (Å²) in [5.41, 5.74) is 0.794. The van der Waals surface area contributed by atoms with Crippen molar-refractivity contribution in [3.63, 3.8) is 0 Å². The smallest absolute Gasteiger partial charge is 0.260 e. The molecule has 1 amide bonds. The van der Waals surface area contributed by atoms with Crippen molar-refractivity contribution in [2.75, 3.05) is 35.0 Å². The number of hydrogen-bond acceptors (Lipinski definition) is 7. The lowest BCUT2D eigenvalue weighted by atomic mass is 10.1. The topological polar surface area (TPSA) is 103 Å². The number of nitrogens with one attached hydrogen (secondary N) is 1. The standard InChI is InChI=1S/C22H30N2O7S/c1-15(2)23-32(26,27)18-9-7-17(8-10-18)31-14-21(25)24(3)13-16-11-19(28-4)22(30-6)20(12-16)29-5/h7-12,15,23H,13-14H2,1-6H3. The van der Waals surface area contributed by atoms with Gasteiger partial charge in [-0.25, -0.2) is 13.1 Å². The maximum atomic E-state index is 12.5. The molecule has 0 aliphatic heterocycles. The molecule has 0 aromatic heterocycles. The zero-order chi connectivity index (χ0) is 23.9. The normalized spacial score (nSPS) is 11.2. The van der Waals surface area contributed by atoms with Gasteiger partial charge < -0.3 is 23.8 Å². The van der Waals surface area contributed by atoms with Crippen LogP contribution in [-0.2, 0) is 21.4 Å². The summed E-state index contributed by atoms with van der Waals surface area (Å²) in [4.78, 5) is 14.1. The Kier molecular flexibility index (Phi) is 8.73. The average Bonchev–Trinajstić information content (AvgIpc) is 2.75. The number of ether oxygens (including phenoxy) is 4. The lowest BCUT2D eigenvalue weighted by molar-refractivity contribution is -0.132. The summed E-state index contributed by atoms with van der Waals surface area (Å²) in [6, 6.07) is 9.23. The highest BCUT2D eigenvalue weighted by Crippen LogP contribution is 2.38. The predicted molar refractivity (Wildman–Crippen MR) is 120 cm³/mol. The number of amides is 1. The molecule has 0 heterocycles. The zero-order valence-electron chi connectivity index (χ0n) is 19.2. The summed E-state index contributed by atoms with van der Waals surface area (Å²) in [5.74, 6) is 1.62. The van der Waals surface area contributed by atoms with Gasteiger partial charge in [-0.2, -0.15) is 0 Å². The molecule has 176 valence electrons. The number of benzene rings is 2. The molecule has 0 radical (unpaired) electrons. The van der Waals surface area contributed by atoms with Crippen LogP contribution in [0.1, 0.15) is 19.4 Å². The minimum absolute atomic E-state index is 0.129. The molecule has 32 heavy (non-hydrogen) atoms. The summed E-state index contributed by atoms with van der Waals surface area (Å²) < 4.78 is 48.4. The highest BCUT2D eigenvalue weighted by atomic mass is 32.2. The molecule has 0 saturated carbocycles. The first-order chi connectivity index (χ1) is 15.1. The van der Waals surface area contributed by atoms with Gasteiger partial charge in [0, 0.05) is 19.6 Å². The van der Waals surface area contributed by atoms with Gasteiger partial charge in [-0.05, 0) is 55.8 Å². The Morgan fingerprint density at radius 2 is 1.56 bits per heavy atom. The first-order valence-corrected chi connectivity index (χ1v) is 11.4. The van der Waals surface area contributed by atoms with Gasteiger partial charge in [0.25, 0.3) is 5.91 Å². The second kappa shape index (κ2) is 11.1. The van der Waals surface area contributed by atoms with Crippen molar-refractivity contribution in [1.82, 2.24) is 9.62 Å². The maximum absolute atomic E-state index is 12.5. The van der Waals surface area contributed by atoms with Crippen molar-refractivity contribution in [3.8, 4) is 23.0 Å². The van der Waals surface area contributed by atoms with Crippen LogP contribution in [0, 0.1) is 0 Å². The van der Waals surface area contributed by atoms with Crippen molar-refractivity contribution in [3.05, 3.63) is 42.0 Å². The molecule has 0 aliphatic rings. The number of methoxy groups -OCH3 is 3. The van der Waals surface area contributed by atoms with E-state index in [-0.39, 0.29) is 23.5 Å². The molecular formula is C22H30N2O7S. The van der Waals surface area contributed by atoms with Crippen LogP contribution in [0.15, 0.2) is 41.3 Å². The number of likely N-dealkylation sites (N-methyl/N-ethyl adjacent to an activating group) is 1. The van der Waals surface area contributed by atoms with E-state index in [0.717, 1.165) is 5.56 Å². The Morgan fingerprint density at radius 3 is 2.03 bits per heavy atom. The van der Waals surface area contributed by atoms with E-state index in [0.29, 0.717) is 29.5 Å². The lowest BCUT2D eigenvalue weighted by Gasteiger charge is -2.20. The van der Waals surface area contributed by atoms with Gasteiger partial charge >= 0.3 is 0 Å². The Labute approximate surface area is 189 Å². The van der Waals surface area contributed by atoms with Crippen molar-refractivity contribution >= 4 is 15.9 Å². The number of hydrogen-bond donors (Lipinski definition) is 1. The molecule has 2 aromatic rings. The Morgan fingerprint density at radius 1 is 1.00 bits per heavy atom. The van der Waals surface area contributed by atoms with Crippen LogP contribution in [0.5, 0.6) is 23.0 Å². The van der Waals surface area contributed by atoms with E-state index in [4.69, 9.17) is 18.9 Å². The van der Waals surface area contributed by atoms with E-state index in [9.17, 15) is 13.2 Å². The van der Waals surface area contributed by atoms with E-state index >= 15 is 0 Å². The number of carbonyl (C=O) groups is 1. The fourth-order valence-electron chi connectivity index (χ4n) is 2.94. The van der Waals surface area contributed by atoms with Crippen LogP contribution in [-0.4, -0.2) is 60.3 Å². The van der Waals surface area contributed by atoms with Gasteiger partial charge in [-0.1, -0.05) is 0 Å². The average molecular weight is 467 g/mol. The second-order valence-electron chi connectivity index (χ2n) is 7.32. The molecule has 9 nitrogen and oxygen atoms in total. The summed E-state index contributed by atoms with van der Waals surface area (Å²) in [5, 5.41) is 0.